The molecule has 2 aliphatic heterocycles. The van der Waals surface area contributed by atoms with Gasteiger partial charge in [-0.1, -0.05) is 19.1 Å². The highest BCUT2D eigenvalue weighted by Crippen LogP contribution is 2.37. The molecule has 1 atom stereocenters. The smallest absolute Gasteiger partial charge is 0.243 e. The summed E-state index contributed by atoms with van der Waals surface area (Å²) in [7, 11) is -3.68. The van der Waals surface area contributed by atoms with Gasteiger partial charge in [0.2, 0.25) is 15.9 Å². The molecule has 1 aromatic carbocycles. The average molecular weight is 461 g/mol. The van der Waals surface area contributed by atoms with Crippen molar-refractivity contribution in [1.29, 1.82) is 0 Å². The van der Waals surface area contributed by atoms with Crippen LogP contribution in [0, 0.1) is 5.92 Å². The lowest BCUT2D eigenvalue weighted by atomic mass is 9.92. The van der Waals surface area contributed by atoms with E-state index < -0.39 is 10.0 Å². The predicted molar refractivity (Wildman–Crippen MR) is 121 cm³/mol. The largest absolute Gasteiger partial charge is 0.335 e. The van der Waals surface area contributed by atoms with Crippen molar-refractivity contribution in [1.82, 2.24) is 9.21 Å². The Morgan fingerprint density at radius 1 is 1.13 bits per heavy atom. The molecule has 2 aliphatic rings. The summed E-state index contributed by atoms with van der Waals surface area (Å²) >= 11 is 1.77. The normalized spacial score (nSPS) is 20.5. The number of benzene rings is 1. The summed E-state index contributed by atoms with van der Waals surface area (Å²) in [6, 6.07) is 8.44. The van der Waals surface area contributed by atoms with Crippen LogP contribution in [0.3, 0.4) is 0 Å². The average Bonchev–Trinajstić information content (AvgIpc) is 3.27. The molecule has 1 fully saturated rings. The first-order valence-electron chi connectivity index (χ1n) is 10.8. The van der Waals surface area contributed by atoms with Gasteiger partial charge in [-0.05, 0) is 61.7 Å². The molecule has 31 heavy (non-hydrogen) atoms. The number of ketones is 1. The Kier molecular flexibility index (Phi) is 6.32. The summed E-state index contributed by atoms with van der Waals surface area (Å²) in [4.78, 5) is 28.5. The number of carbonyl (C=O) groups is 2. The lowest BCUT2D eigenvalue weighted by molar-refractivity contribution is -0.139. The number of Topliss-reactive ketones (excluding diaryl/α,β-unsaturated/α-hetero) is 1. The molecule has 0 radical (unpaired) electrons. The second kappa shape index (κ2) is 8.84. The number of carbonyl (C=O) groups excluding carboxylic acids is 2. The molecule has 0 bridgehead atoms. The molecule has 0 aliphatic carbocycles. The van der Waals surface area contributed by atoms with Gasteiger partial charge in [-0.15, -0.1) is 11.3 Å². The highest BCUT2D eigenvalue weighted by molar-refractivity contribution is 7.89. The van der Waals surface area contributed by atoms with Crippen LogP contribution in [0.4, 0.5) is 0 Å². The van der Waals surface area contributed by atoms with E-state index in [-0.39, 0.29) is 28.5 Å². The summed E-state index contributed by atoms with van der Waals surface area (Å²) in [5.74, 6) is -0.161. The van der Waals surface area contributed by atoms with Crippen molar-refractivity contribution in [2.24, 2.45) is 5.92 Å². The van der Waals surface area contributed by atoms with Gasteiger partial charge in [0.1, 0.15) is 0 Å². The first-order chi connectivity index (χ1) is 14.8. The van der Waals surface area contributed by atoms with Crippen LogP contribution in [0.25, 0.3) is 0 Å². The number of rotatable bonds is 5. The van der Waals surface area contributed by atoms with Crippen LogP contribution in [-0.2, 0) is 21.2 Å². The van der Waals surface area contributed by atoms with E-state index >= 15 is 0 Å². The van der Waals surface area contributed by atoms with E-state index in [0.717, 1.165) is 19.4 Å². The Morgan fingerprint density at radius 3 is 2.55 bits per heavy atom. The Balaban J connectivity index is 1.44. The highest BCUT2D eigenvalue weighted by Gasteiger charge is 2.37. The fourth-order valence-corrected chi connectivity index (χ4v) is 7.15. The van der Waals surface area contributed by atoms with E-state index in [0.29, 0.717) is 31.5 Å². The van der Waals surface area contributed by atoms with Crippen molar-refractivity contribution < 1.29 is 18.0 Å². The molecule has 0 N–H and O–H groups in total. The predicted octanol–water partition coefficient (Wildman–Crippen LogP) is 3.89. The van der Waals surface area contributed by atoms with Crippen LogP contribution in [-0.4, -0.2) is 48.9 Å². The minimum atomic E-state index is -3.68. The third-order valence-corrected chi connectivity index (χ3v) is 9.34. The van der Waals surface area contributed by atoms with Crippen molar-refractivity contribution >= 4 is 33.1 Å². The number of thiophene rings is 1. The van der Waals surface area contributed by atoms with Gasteiger partial charge in [0.25, 0.3) is 0 Å². The van der Waals surface area contributed by atoms with Gasteiger partial charge in [0.05, 0.1) is 10.9 Å². The van der Waals surface area contributed by atoms with E-state index in [1.165, 1.54) is 33.8 Å². The van der Waals surface area contributed by atoms with Gasteiger partial charge >= 0.3 is 0 Å². The minimum absolute atomic E-state index is 0.124. The summed E-state index contributed by atoms with van der Waals surface area (Å²) < 4.78 is 27.6. The van der Waals surface area contributed by atoms with Crippen molar-refractivity contribution in [2.75, 3.05) is 19.6 Å². The lowest BCUT2D eigenvalue weighted by Crippen LogP contribution is -2.47. The van der Waals surface area contributed by atoms with Crippen molar-refractivity contribution in [3.63, 3.8) is 0 Å². The maximum atomic E-state index is 13.3. The van der Waals surface area contributed by atoms with Gasteiger partial charge in [0, 0.05) is 36.0 Å². The molecule has 4 rings (SSSR count). The maximum absolute atomic E-state index is 13.3. The van der Waals surface area contributed by atoms with Crippen LogP contribution in [0.15, 0.2) is 40.6 Å². The molecular weight excluding hydrogens is 432 g/mol. The van der Waals surface area contributed by atoms with E-state index in [1.807, 2.05) is 4.90 Å². The van der Waals surface area contributed by atoms with Gasteiger partial charge in [-0.25, -0.2) is 8.42 Å². The molecular formula is C23H28N2O4S2. The standard InChI is InChI=1S/C23H28N2O4S2/c1-3-21-20-10-14-30-22(20)9-13-25(21)23(27)17-7-11-24(12-8-17)31(28,29)19-6-4-5-18(15-19)16(2)26/h4-6,10,14-15,17,21H,3,7-9,11-13H2,1-2H3. The fraction of sp³-hybridized carbons (Fsp3) is 0.478. The second-order valence-electron chi connectivity index (χ2n) is 8.27. The molecule has 0 saturated carbocycles. The highest BCUT2D eigenvalue weighted by atomic mass is 32.2. The molecule has 3 heterocycles. The molecule has 6 nitrogen and oxygen atoms in total. The fourth-order valence-electron chi connectivity index (χ4n) is 4.70. The van der Waals surface area contributed by atoms with Gasteiger partial charge in [-0.2, -0.15) is 4.31 Å². The monoisotopic (exact) mass is 460 g/mol. The lowest BCUT2D eigenvalue weighted by Gasteiger charge is -2.39. The van der Waals surface area contributed by atoms with E-state index in [4.69, 9.17) is 0 Å². The summed E-state index contributed by atoms with van der Waals surface area (Å²) in [6.07, 6.45) is 2.83. The molecule has 1 unspecified atom stereocenters. The van der Waals surface area contributed by atoms with E-state index in [9.17, 15) is 18.0 Å². The minimum Gasteiger partial charge on any atom is -0.335 e. The third kappa shape index (κ3) is 4.21. The number of hydrogen-bond acceptors (Lipinski definition) is 5. The molecule has 2 aromatic rings. The van der Waals surface area contributed by atoms with Crippen LogP contribution in [0.1, 0.15) is 60.0 Å². The zero-order valence-corrected chi connectivity index (χ0v) is 19.5. The molecule has 0 spiro atoms. The van der Waals surface area contributed by atoms with Crippen molar-refractivity contribution in [2.45, 2.75) is 50.5 Å². The summed E-state index contributed by atoms with van der Waals surface area (Å²) in [5, 5.41) is 2.10. The summed E-state index contributed by atoms with van der Waals surface area (Å²) in [5.41, 5.74) is 1.66. The molecule has 1 amide bonds. The Hall–Kier alpha value is -2.03. The van der Waals surface area contributed by atoms with Crippen LogP contribution < -0.4 is 0 Å². The Labute approximate surface area is 187 Å². The van der Waals surface area contributed by atoms with E-state index in [2.05, 4.69) is 18.4 Å². The number of hydrogen-bond donors (Lipinski definition) is 0. The van der Waals surface area contributed by atoms with Gasteiger partial charge < -0.3 is 4.90 Å². The van der Waals surface area contributed by atoms with Crippen molar-refractivity contribution in [3.05, 3.63) is 51.7 Å². The zero-order chi connectivity index (χ0) is 22.2. The molecule has 1 saturated heterocycles. The first-order valence-corrected chi connectivity index (χ1v) is 13.1. The number of amides is 1. The topological polar surface area (TPSA) is 74.8 Å². The zero-order valence-electron chi connectivity index (χ0n) is 17.9. The Morgan fingerprint density at radius 2 is 1.87 bits per heavy atom. The van der Waals surface area contributed by atoms with Gasteiger partial charge in [-0.3, -0.25) is 9.59 Å². The van der Waals surface area contributed by atoms with Crippen LogP contribution in [0.2, 0.25) is 0 Å². The van der Waals surface area contributed by atoms with Crippen LogP contribution in [0.5, 0.6) is 0 Å². The quantitative estimate of drug-likeness (QED) is 0.635. The molecule has 1 aromatic heterocycles. The SMILES string of the molecule is CCC1c2ccsc2CCN1C(=O)C1CCN(S(=O)(=O)c2cccc(C(C)=O)c2)CC1. The maximum Gasteiger partial charge on any atom is 0.243 e. The van der Waals surface area contributed by atoms with Crippen LogP contribution >= 0.6 is 11.3 Å². The number of fused-ring (bicyclic) bond motifs is 1. The van der Waals surface area contributed by atoms with E-state index in [1.54, 1.807) is 23.5 Å². The summed E-state index contributed by atoms with van der Waals surface area (Å²) in [6.45, 7) is 4.91. The third-order valence-electron chi connectivity index (χ3n) is 6.45. The Bertz CT molecular complexity index is 1080. The molecule has 8 heteroatoms. The van der Waals surface area contributed by atoms with Crippen molar-refractivity contribution in [3.8, 4) is 0 Å². The molecule has 166 valence electrons. The number of nitrogens with zero attached hydrogens (tertiary/aromatic N) is 2. The number of sulfonamides is 1. The van der Waals surface area contributed by atoms with Gasteiger partial charge in [0.15, 0.2) is 5.78 Å². The number of piperidine rings is 1. The first kappa shape index (κ1) is 22.2. The second-order valence-corrected chi connectivity index (χ2v) is 11.2.